The first-order valence-electron chi connectivity index (χ1n) is 10.1. The van der Waals surface area contributed by atoms with Crippen molar-refractivity contribution in [1.82, 2.24) is 15.2 Å². The van der Waals surface area contributed by atoms with Gasteiger partial charge in [-0.2, -0.15) is 0 Å². The van der Waals surface area contributed by atoms with E-state index in [9.17, 15) is 9.59 Å². The number of aromatic nitrogens is 1. The van der Waals surface area contributed by atoms with Crippen molar-refractivity contribution < 1.29 is 9.59 Å². The number of nitrogens with zero attached hydrogens (tertiary/aromatic N) is 2. The Balaban J connectivity index is 1.75. The third-order valence-corrected chi connectivity index (χ3v) is 5.41. The lowest BCUT2D eigenvalue weighted by molar-refractivity contribution is -0.115. The Labute approximate surface area is 176 Å². The van der Waals surface area contributed by atoms with Crippen LogP contribution in [0.5, 0.6) is 0 Å². The summed E-state index contributed by atoms with van der Waals surface area (Å²) < 4.78 is 0. The number of hydrogen-bond acceptors (Lipinski definition) is 4. The lowest BCUT2D eigenvalue weighted by atomic mass is 10.0. The Kier molecular flexibility index (Phi) is 7.61. The predicted octanol–water partition coefficient (Wildman–Crippen LogP) is 4.04. The lowest BCUT2D eigenvalue weighted by Crippen LogP contribution is -2.40. The van der Waals surface area contributed by atoms with Crippen LogP contribution in [0.3, 0.4) is 0 Å². The molecule has 1 aliphatic heterocycles. The summed E-state index contributed by atoms with van der Waals surface area (Å²) >= 11 is 6.06. The monoisotopic (exact) mass is 414 g/mol. The molecule has 1 saturated heterocycles. The molecule has 3 rings (SSSR count). The summed E-state index contributed by atoms with van der Waals surface area (Å²) in [6.07, 6.45) is 7.51. The first-order valence-corrected chi connectivity index (χ1v) is 10.5. The van der Waals surface area contributed by atoms with Gasteiger partial charge in [-0.1, -0.05) is 31.0 Å². The minimum Gasteiger partial charge on any atom is -0.350 e. The number of hydrogen-bond donors (Lipinski definition) is 2. The van der Waals surface area contributed by atoms with Gasteiger partial charge in [-0.25, -0.2) is 0 Å². The molecule has 154 valence electrons. The molecule has 1 aromatic heterocycles. The normalized spacial score (nSPS) is 15.5. The number of nitrogens with one attached hydrogen (secondary N) is 2. The Morgan fingerprint density at radius 1 is 1.21 bits per heavy atom. The fourth-order valence-corrected chi connectivity index (χ4v) is 3.77. The third kappa shape index (κ3) is 5.78. The van der Waals surface area contributed by atoms with Gasteiger partial charge in [0.15, 0.2) is 0 Å². The van der Waals surface area contributed by atoms with Crippen molar-refractivity contribution in [2.75, 3.05) is 25.0 Å². The van der Waals surface area contributed by atoms with Crippen LogP contribution in [-0.4, -0.2) is 41.3 Å². The maximum absolute atomic E-state index is 12.9. The zero-order valence-electron chi connectivity index (χ0n) is 16.7. The Morgan fingerprint density at radius 2 is 2.00 bits per heavy atom. The van der Waals surface area contributed by atoms with Gasteiger partial charge in [0.25, 0.3) is 5.91 Å². The molecule has 0 radical (unpaired) electrons. The molecule has 6 nitrogen and oxygen atoms in total. The summed E-state index contributed by atoms with van der Waals surface area (Å²) in [6, 6.07) is 8.94. The van der Waals surface area contributed by atoms with Gasteiger partial charge < -0.3 is 10.6 Å². The minimum atomic E-state index is -0.237. The predicted molar refractivity (Wildman–Crippen MR) is 115 cm³/mol. The standard InChI is InChI=1S/C22H27ClN4O2/c1-2-21(28)26-19-13-17(23)8-9-18(19)22(29)25-15-20(16-7-6-10-24-14-16)27-11-4-3-5-12-27/h6-10,13-14,20H,2-5,11-12,15H2,1H3,(H,25,29)(H,26,28). The van der Waals surface area contributed by atoms with Crippen LogP contribution in [0.25, 0.3) is 0 Å². The summed E-state index contributed by atoms with van der Waals surface area (Å²) in [5.74, 6) is -0.401. The van der Waals surface area contributed by atoms with Crippen molar-refractivity contribution in [2.45, 2.75) is 38.6 Å². The summed E-state index contributed by atoms with van der Waals surface area (Å²) in [6.45, 7) is 4.24. The number of benzene rings is 1. The molecule has 2 aromatic rings. The molecule has 2 amide bonds. The van der Waals surface area contributed by atoms with E-state index in [-0.39, 0.29) is 17.9 Å². The number of rotatable bonds is 7. The molecule has 1 aliphatic rings. The first kappa shape index (κ1) is 21.3. The average molecular weight is 415 g/mol. The van der Waals surface area contributed by atoms with E-state index in [0.29, 0.717) is 29.2 Å². The van der Waals surface area contributed by atoms with Crippen molar-refractivity contribution in [1.29, 1.82) is 0 Å². The number of amides is 2. The number of pyridine rings is 1. The van der Waals surface area contributed by atoms with Crippen molar-refractivity contribution in [3.8, 4) is 0 Å². The molecule has 2 heterocycles. The van der Waals surface area contributed by atoms with E-state index in [4.69, 9.17) is 11.6 Å². The second kappa shape index (κ2) is 10.4. The van der Waals surface area contributed by atoms with Crippen molar-refractivity contribution in [3.63, 3.8) is 0 Å². The van der Waals surface area contributed by atoms with E-state index in [1.807, 2.05) is 18.3 Å². The van der Waals surface area contributed by atoms with Gasteiger partial charge in [-0.05, 0) is 55.8 Å². The highest BCUT2D eigenvalue weighted by Gasteiger charge is 2.24. The number of piperidine rings is 1. The lowest BCUT2D eigenvalue weighted by Gasteiger charge is -2.34. The second-order valence-corrected chi connectivity index (χ2v) is 7.64. The van der Waals surface area contributed by atoms with Gasteiger partial charge in [0.05, 0.1) is 17.3 Å². The van der Waals surface area contributed by atoms with Crippen LogP contribution < -0.4 is 10.6 Å². The van der Waals surface area contributed by atoms with E-state index < -0.39 is 0 Å². The van der Waals surface area contributed by atoms with Gasteiger partial charge >= 0.3 is 0 Å². The summed E-state index contributed by atoms with van der Waals surface area (Å²) in [5.41, 5.74) is 1.92. The molecule has 1 aromatic carbocycles. The number of carbonyl (C=O) groups excluding carboxylic acids is 2. The quantitative estimate of drug-likeness (QED) is 0.717. The number of carbonyl (C=O) groups is 2. The average Bonchev–Trinajstić information content (AvgIpc) is 2.75. The summed E-state index contributed by atoms with van der Waals surface area (Å²) in [4.78, 5) is 31.4. The number of anilines is 1. The third-order valence-electron chi connectivity index (χ3n) is 5.18. The van der Waals surface area contributed by atoms with Crippen LogP contribution in [0.4, 0.5) is 5.69 Å². The van der Waals surface area contributed by atoms with E-state index in [2.05, 4.69) is 20.5 Å². The molecule has 29 heavy (non-hydrogen) atoms. The molecule has 7 heteroatoms. The Bertz CT molecular complexity index is 838. The van der Waals surface area contributed by atoms with Gasteiger partial charge in [0.1, 0.15) is 0 Å². The van der Waals surface area contributed by atoms with Gasteiger partial charge in [0.2, 0.25) is 5.91 Å². The topological polar surface area (TPSA) is 74.3 Å². The summed E-state index contributed by atoms with van der Waals surface area (Å²) in [5, 5.41) is 6.27. The van der Waals surface area contributed by atoms with E-state index >= 15 is 0 Å². The molecule has 0 saturated carbocycles. The largest absolute Gasteiger partial charge is 0.350 e. The first-order chi connectivity index (χ1) is 14.1. The number of likely N-dealkylation sites (tertiary alicyclic amines) is 1. The fourth-order valence-electron chi connectivity index (χ4n) is 3.60. The maximum atomic E-state index is 12.9. The smallest absolute Gasteiger partial charge is 0.253 e. The minimum absolute atomic E-state index is 0.0638. The van der Waals surface area contributed by atoms with Crippen molar-refractivity contribution >= 4 is 29.1 Å². The van der Waals surface area contributed by atoms with E-state index in [0.717, 1.165) is 31.5 Å². The molecule has 0 bridgehead atoms. The van der Waals surface area contributed by atoms with Crippen LogP contribution >= 0.6 is 11.6 Å². The molecule has 1 fully saturated rings. The Morgan fingerprint density at radius 3 is 2.69 bits per heavy atom. The molecule has 0 aliphatic carbocycles. The Hall–Kier alpha value is -2.44. The maximum Gasteiger partial charge on any atom is 0.253 e. The molecule has 1 atom stereocenters. The molecule has 1 unspecified atom stereocenters. The van der Waals surface area contributed by atoms with Crippen molar-refractivity contribution in [2.24, 2.45) is 0 Å². The number of halogens is 1. The zero-order valence-corrected chi connectivity index (χ0v) is 17.4. The van der Waals surface area contributed by atoms with Gasteiger partial charge in [-0.3, -0.25) is 19.5 Å². The van der Waals surface area contributed by atoms with Crippen molar-refractivity contribution in [3.05, 3.63) is 58.9 Å². The van der Waals surface area contributed by atoms with Gasteiger partial charge in [0, 0.05) is 30.4 Å². The van der Waals surface area contributed by atoms with E-state index in [1.165, 1.54) is 6.42 Å². The highest BCUT2D eigenvalue weighted by molar-refractivity contribution is 6.31. The van der Waals surface area contributed by atoms with Crippen LogP contribution in [-0.2, 0) is 4.79 Å². The second-order valence-electron chi connectivity index (χ2n) is 7.20. The SMILES string of the molecule is CCC(=O)Nc1cc(Cl)ccc1C(=O)NCC(c1cccnc1)N1CCCCC1. The summed E-state index contributed by atoms with van der Waals surface area (Å²) in [7, 11) is 0. The highest BCUT2D eigenvalue weighted by Crippen LogP contribution is 2.25. The molecular weight excluding hydrogens is 388 g/mol. The van der Waals surface area contributed by atoms with Crippen LogP contribution in [0.15, 0.2) is 42.7 Å². The van der Waals surface area contributed by atoms with E-state index in [1.54, 1.807) is 31.3 Å². The highest BCUT2D eigenvalue weighted by atomic mass is 35.5. The van der Waals surface area contributed by atoms with Crippen LogP contribution in [0, 0.1) is 0 Å². The van der Waals surface area contributed by atoms with Crippen LogP contribution in [0.1, 0.15) is 54.6 Å². The zero-order chi connectivity index (χ0) is 20.6. The fraction of sp³-hybridized carbons (Fsp3) is 0.409. The van der Waals surface area contributed by atoms with Crippen LogP contribution in [0.2, 0.25) is 5.02 Å². The molecule has 0 spiro atoms. The molecular formula is C22H27ClN4O2. The van der Waals surface area contributed by atoms with Gasteiger partial charge in [-0.15, -0.1) is 0 Å². The molecule has 2 N–H and O–H groups in total.